The van der Waals surface area contributed by atoms with Crippen LogP contribution >= 0.6 is 27.3 Å². The third-order valence-corrected chi connectivity index (χ3v) is 3.60. The lowest BCUT2D eigenvalue weighted by Crippen LogP contribution is -2.07. The summed E-state index contributed by atoms with van der Waals surface area (Å²) in [6, 6.07) is 5.57. The van der Waals surface area contributed by atoms with Gasteiger partial charge >= 0.3 is 5.97 Å². The standard InChI is InChI=1S/C13H13BrN2O3S/c1-3-19-13(17)11-12(20-7-15-11)16-9-4-8(14)5-10(6-9)18-2/h4-7,16H,3H2,1-2H3. The van der Waals surface area contributed by atoms with Gasteiger partial charge in [0.05, 0.1) is 19.2 Å². The minimum absolute atomic E-state index is 0.288. The first-order valence-corrected chi connectivity index (χ1v) is 7.53. The summed E-state index contributed by atoms with van der Waals surface area (Å²) in [5.74, 6) is 0.280. The van der Waals surface area contributed by atoms with Gasteiger partial charge < -0.3 is 14.8 Å². The highest BCUT2D eigenvalue weighted by molar-refractivity contribution is 9.10. The van der Waals surface area contributed by atoms with Gasteiger partial charge in [0.2, 0.25) is 0 Å². The molecule has 0 aliphatic carbocycles. The van der Waals surface area contributed by atoms with Crippen LogP contribution in [0.25, 0.3) is 0 Å². The summed E-state index contributed by atoms with van der Waals surface area (Å²) in [6.45, 7) is 2.08. The Balaban J connectivity index is 2.24. The maximum atomic E-state index is 11.8. The Labute approximate surface area is 129 Å². The van der Waals surface area contributed by atoms with E-state index in [1.807, 2.05) is 18.2 Å². The number of esters is 1. The van der Waals surface area contributed by atoms with Crippen LogP contribution < -0.4 is 10.1 Å². The molecule has 20 heavy (non-hydrogen) atoms. The first-order valence-electron chi connectivity index (χ1n) is 5.86. The van der Waals surface area contributed by atoms with Gasteiger partial charge in [-0.1, -0.05) is 15.9 Å². The van der Waals surface area contributed by atoms with E-state index in [2.05, 4.69) is 26.2 Å². The van der Waals surface area contributed by atoms with Crippen molar-refractivity contribution in [3.63, 3.8) is 0 Å². The molecule has 1 N–H and O–H groups in total. The Morgan fingerprint density at radius 2 is 2.25 bits per heavy atom. The number of rotatable bonds is 5. The van der Waals surface area contributed by atoms with E-state index in [0.717, 1.165) is 10.2 Å². The molecular weight excluding hydrogens is 344 g/mol. The van der Waals surface area contributed by atoms with Crippen LogP contribution in [0, 0.1) is 0 Å². The summed E-state index contributed by atoms with van der Waals surface area (Å²) in [4.78, 5) is 15.8. The third kappa shape index (κ3) is 3.49. The minimum atomic E-state index is -0.432. The quantitative estimate of drug-likeness (QED) is 0.824. The van der Waals surface area contributed by atoms with Gasteiger partial charge in [0.25, 0.3) is 0 Å². The predicted octanol–water partition coefficient (Wildman–Crippen LogP) is 3.83. The average Bonchev–Trinajstić information content (AvgIpc) is 2.86. The summed E-state index contributed by atoms with van der Waals surface area (Å²) in [6.07, 6.45) is 0. The molecule has 5 nitrogen and oxygen atoms in total. The highest BCUT2D eigenvalue weighted by Gasteiger charge is 2.16. The van der Waals surface area contributed by atoms with Crippen LogP contribution in [-0.2, 0) is 4.74 Å². The van der Waals surface area contributed by atoms with Crippen molar-refractivity contribution in [1.29, 1.82) is 0 Å². The van der Waals surface area contributed by atoms with Gasteiger partial charge in [-0.2, -0.15) is 0 Å². The number of thiazole rings is 1. The van der Waals surface area contributed by atoms with E-state index in [9.17, 15) is 4.79 Å². The Morgan fingerprint density at radius 1 is 1.45 bits per heavy atom. The van der Waals surface area contributed by atoms with Crippen LogP contribution in [0.1, 0.15) is 17.4 Å². The summed E-state index contributed by atoms with van der Waals surface area (Å²) in [5.41, 5.74) is 2.69. The highest BCUT2D eigenvalue weighted by Crippen LogP contribution is 2.30. The van der Waals surface area contributed by atoms with E-state index in [-0.39, 0.29) is 5.69 Å². The van der Waals surface area contributed by atoms with Crippen molar-refractivity contribution in [3.05, 3.63) is 33.9 Å². The molecule has 0 unspecified atom stereocenters. The number of carbonyl (C=O) groups is 1. The van der Waals surface area contributed by atoms with Crippen molar-refractivity contribution in [2.24, 2.45) is 0 Å². The first-order chi connectivity index (χ1) is 9.63. The zero-order valence-electron chi connectivity index (χ0n) is 11.0. The fraction of sp³-hybridized carbons (Fsp3) is 0.231. The second-order valence-electron chi connectivity index (χ2n) is 3.76. The number of anilines is 2. The zero-order valence-corrected chi connectivity index (χ0v) is 13.4. The van der Waals surface area contributed by atoms with Crippen molar-refractivity contribution in [3.8, 4) is 5.75 Å². The summed E-state index contributed by atoms with van der Waals surface area (Å²) in [7, 11) is 1.60. The van der Waals surface area contributed by atoms with Crippen LogP contribution in [0.5, 0.6) is 5.75 Å². The second kappa shape index (κ2) is 6.71. The number of nitrogens with one attached hydrogen (secondary N) is 1. The highest BCUT2D eigenvalue weighted by atomic mass is 79.9. The molecule has 0 atom stereocenters. The van der Waals surface area contributed by atoms with Gasteiger partial charge in [0.15, 0.2) is 5.69 Å². The Kier molecular flexibility index (Phi) is 4.97. The van der Waals surface area contributed by atoms with E-state index in [0.29, 0.717) is 17.4 Å². The Hall–Kier alpha value is -1.60. The molecule has 0 fully saturated rings. The van der Waals surface area contributed by atoms with Gasteiger partial charge in [-0.05, 0) is 19.1 Å². The molecule has 1 aromatic carbocycles. The number of methoxy groups -OCH3 is 1. The molecule has 2 rings (SSSR count). The first kappa shape index (κ1) is 14.8. The molecule has 0 saturated carbocycles. The van der Waals surface area contributed by atoms with E-state index in [4.69, 9.17) is 9.47 Å². The normalized spacial score (nSPS) is 10.2. The summed E-state index contributed by atoms with van der Waals surface area (Å²) in [5, 5.41) is 3.79. The van der Waals surface area contributed by atoms with Gasteiger partial charge in [0.1, 0.15) is 10.8 Å². The maximum absolute atomic E-state index is 11.8. The zero-order chi connectivity index (χ0) is 14.5. The van der Waals surface area contributed by atoms with Crippen molar-refractivity contribution >= 4 is 43.9 Å². The van der Waals surface area contributed by atoms with Crippen LogP contribution in [0.3, 0.4) is 0 Å². The topological polar surface area (TPSA) is 60.5 Å². The van der Waals surface area contributed by atoms with E-state index in [1.54, 1.807) is 19.5 Å². The number of aromatic nitrogens is 1. The fourth-order valence-corrected chi connectivity index (χ4v) is 2.72. The average molecular weight is 357 g/mol. The smallest absolute Gasteiger partial charge is 0.360 e. The lowest BCUT2D eigenvalue weighted by atomic mass is 10.3. The minimum Gasteiger partial charge on any atom is -0.497 e. The van der Waals surface area contributed by atoms with Gasteiger partial charge in [-0.3, -0.25) is 0 Å². The van der Waals surface area contributed by atoms with Crippen LogP contribution in [0.15, 0.2) is 28.2 Å². The molecule has 0 amide bonds. The Bertz CT molecular complexity index is 615. The van der Waals surface area contributed by atoms with E-state index in [1.165, 1.54) is 11.3 Å². The monoisotopic (exact) mass is 356 g/mol. The van der Waals surface area contributed by atoms with Crippen LogP contribution in [0.2, 0.25) is 0 Å². The number of hydrogen-bond acceptors (Lipinski definition) is 6. The molecule has 2 aromatic rings. The second-order valence-corrected chi connectivity index (χ2v) is 5.53. The van der Waals surface area contributed by atoms with E-state index < -0.39 is 5.97 Å². The molecule has 106 valence electrons. The predicted molar refractivity (Wildman–Crippen MR) is 82.0 cm³/mol. The van der Waals surface area contributed by atoms with Crippen LogP contribution in [0.4, 0.5) is 10.7 Å². The fourth-order valence-electron chi connectivity index (χ4n) is 1.56. The lowest BCUT2D eigenvalue weighted by Gasteiger charge is -2.08. The molecule has 0 aliphatic heterocycles. The molecular formula is C13H13BrN2O3S. The van der Waals surface area contributed by atoms with Crippen molar-refractivity contribution in [2.75, 3.05) is 19.0 Å². The van der Waals surface area contributed by atoms with Crippen LogP contribution in [-0.4, -0.2) is 24.7 Å². The number of carbonyl (C=O) groups excluding carboxylic acids is 1. The maximum Gasteiger partial charge on any atom is 0.360 e. The summed E-state index contributed by atoms with van der Waals surface area (Å²) >= 11 is 4.75. The van der Waals surface area contributed by atoms with Crippen molar-refractivity contribution < 1.29 is 14.3 Å². The number of hydrogen-bond donors (Lipinski definition) is 1. The molecule has 1 heterocycles. The summed E-state index contributed by atoms with van der Waals surface area (Å²) < 4.78 is 11.0. The number of nitrogens with zero attached hydrogens (tertiary/aromatic N) is 1. The van der Waals surface area contributed by atoms with E-state index >= 15 is 0 Å². The SMILES string of the molecule is CCOC(=O)c1ncsc1Nc1cc(Br)cc(OC)c1. The molecule has 0 spiro atoms. The molecule has 7 heteroatoms. The van der Waals surface area contributed by atoms with Gasteiger partial charge in [0, 0.05) is 16.2 Å². The molecule has 0 aliphatic rings. The third-order valence-electron chi connectivity index (χ3n) is 2.40. The van der Waals surface area contributed by atoms with Gasteiger partial charge in [-0.25, -0.2) is 9.78 Å². The molecule has 0 radical (unpaired) electrons. The Morgan fingerprint density at radius 3 is 2.95 bits per heavy atom. The largest absolute Gasteiger partial charge is 0.497 e. The van der Waals surface area contributed by atoms with Crippen molar-refractivity contribution in [2.45, 2.75) is 6.92 Å². The molecule has 1 aromatic heterocycles. The molecule has 0 bridgehead atoms. The number of benzene rings is 1. The number of halogens is 1. The molecule has 0 saturated heterocycles. The van der Waals surface area contributed by atoms with Crippen molar-refractivity contribution in [1.82, 2.24) is 4.98 Å². The van der Waals surface area contributed by atoms with Gasteiger partial charge in [-0.15, -0.1) is 11.3 Å². The number of ether oxygens (including phenoxy) is 2. The lowest BCUT2D eigenvalue weighted by molar-refractivity contribution is 0.0521.